The van der Waals surface area contributed by atoms with Gasteiger partial charge in [0.1, 0.15) is 11.5 Å². The fourth-order valence-electron chi connectivity index (χ4n) is 2.95. The molecule has 11 heteroatoms. The van der Waals surface area contributed by atoms with Gasteiger partial charge in [-0.3, -0.25) is 19.1 Å². The number of amides is 2. The summed E-state index contributed by atoms with van der Waals surface area (Å²) in [4.78, 5) is 41.7. The SMILES string of the molecule is CCOC(=O)C1CCc2sc(NC(=O)CNC(=O)c3cn(C)nc3OC)nc21. The first kappa shape index (κ1) is 19.8. The molecular weight excluding hydrogens is 386 g/mol. The summed E-state index contributed by atoms with van der Waals surface area (Å²) in [5, 5.41) is 9.57. The van der Waals surface area contributed by atoms with Gasteiger partial charge in [0, 0.05) is 18.1 Å². The molecule has 2 heterocycles. The average Bonchev–Trinajstić information content (AvgIpc) is 3.33. The molecule has 1 aliphatic rings. The van der Waals surface area contributed by atoms with E-state index in [1.54, 1.807) is 14.0 Å². The van der Waals surface area contributed by atoms with Crippen LogP contribution in [0.1, 0.15) is 40.2 Å². The largest absolute Gasteiger partial charge is 0.479 e. The van der Waals surface area contributed by atoms with Crippen molar-refractivity contribution in [2.24, 2.45) is 7.05 Å². The highest BCUT2D eigenvalue weighted by Gasteiger charge is 2.33. The second-order valence-electron chi connectivity index (χ2n) is 6.13. The Kier molecular flexibility index (Phi) is 5.93. The van der Waals surface area contributed by atoms with Crippen molar-refractivity contribution in [3.8, 4) is 5.88 Å². The summed E-state index contributed by atoms with van der Waals surface area (Å²) < 4.78 is 11.6. The maximum Gasteiger partial charge on any atom is 0.315 e. The van der Waals surface area contributed by atoms with Crippen molar-refractivity contribution in [1.82, 2.24) is 20.1 Å². The fraction of sp³-hybridized carbons (Fsp3) is 0.471. The van der Waals surface area contributed by atoms with E-state index in [1.807, 2.05) is 0 Å². The van der Waals surface area contributed by atoms with Gasteiger partial charge in [-0.2, -0.15) is 0 Å². The highest BCUT2D eigenvalue weighted by Crippen LogP contribution is 2.38. The molecule has 2 aromatic rings. The summed E-state index contributed by atoms with van der Waals surface area (Å²) in [6, 6.07) is 0. The maximum absolute atomic E-state index is 12.2. The van der Waals surface area contributed by atoms with Crippen LogP contribution in [0.25, 0.3) is 0 Å². The number of carbonyl (C=O) groups is 3. The zero-order valence-corrected chi connectivity index (χ0v) is 16.6. The number of ether oxygens (including phenoxy) is 2. The summed E-state index contributed by atoms with van der Waals surface area (Å²) in [6.07, 6.45) is 2.90. The van der Waals surface area contributed by atoms with Crippen molar-refractivity contribution in [2.45, 2.75) is 25.7 Å². The van der Waals surface area contributed by atoms with Gasteiger partial charge in [0.2, 0.25) is 11.8 Å². The number of methoxy groups -OCH3 is 1. The van der Waals surface area contributed by atoms with Crippen molar-refractivity contribution in [3.63, 3.8) is 0 Å². The van der Waals surface area contributed by atoms with Crippen LogP contribution >= 0.6 is 11.3 Å². The molecule has 2 N–H and O–H groups in total. The molecular formula is C17H21N5O5S. The molecule has 1 unspecified atom stereocenters. The topological polar surface area (TPSA) is 124 Å². The van der Waals surface area contributed by atoms with E-state index >= 15 is 0 Å². The van der Waals surface area contributed by atoms with Gasteiger partial charge in [-0.1, -0.05) is 0 Å². The van der Waals surface area contributed by atoms with E-state index in [0.29, 0.717) is 23.9 Å². The third-order valence-electron chi connectivity index (χ3n) is 4.18. The molecule has 2 amide bonds. The van der Waals surface area contributed by atoms with Crippen LogP contribution in [-0.2, 0) is 27.8 Å². The molecule has 0 fully saturated rings. The number of aromatic nitrogens is 3. The Labute approximate surface area is 165 Å². The van der Waals surface area contributed by atoms with Gasteiger partial charge in [-0.25, -0.2) is 4.98 Å². The molecule has 10 nitrogen and oxygen atoms in total. The lowest BCUT2D eigenvalue weighted by molar-refractivity contribution is -0.145. The van der Waals surface area contributed by atoms with Crippen LogP contribution in [0.3, 0.4) is 0 Å². The van der Waals surface area contributed by atoms with Crippen molar-refractivity contribution in [2.75, 3.05) is 25.6 Å². The third-order valence-corrected chi connectivity index (χ3v) is 5.22. The molecule has 0 saturated heterocycles. The minimum atomic E-state index is -0.468. The van der Waals surface area contributed by atoms with Crippen molar-refractivity contribution in [3.05, 3.63) is 22.3 Å². The highest BCUT2D eigenvalue weighted by molar-refractivity contribution is 7.16. The standard InChI is InChI=1S/C17H21N5O5S/c1-4-27-16(25)9-5-6-11-13(9)20-17(28-11)19-12(23)7-18-14(24)10-8-22(2)21-15(10)26-3/h8-9H,4-7H2,1-3H3,(H,18,24)(H,19,20,23). The van der Waals surface area contributed by atoms with Gasteiger partial charge in [0.25, 0.3) is 5.91 Å². The molecule has 0 saturated carbocycles. The number of carbonyl (C=O) groups excluding carboxylic acids is 3. The summed E-state index contributed by atoms with van der Waals surface area (Å²) in [5.41, 5.74) is 0.909. The van der Waals surface area contributed by atoms with E-state index < -0.39 is 11.8 Å². The molecule has 3 rings (SSSR count). The summed E-state index contributed by atoms with van der Waals surface area (Å²) >= 11 is 1.33. The second-order valence-corrected chi connectivity index (χ2v) is 7.21. The van der Waals surface area contributed by atoms with Gasteiger partial charge in [0.15, 0.2) is 5.13 Å². The monoisotopic (exact) mass is 407 g/mol. The maximum atomic E-state index is 12.2. The summed E-state index contributed by atoms with van der Waals surface area (Å²) in [6.45, 7) is 1.85. The predicted molar refractivity (Wildman–Crippen MR) is 101 cm³/mol. The first-order chi connectivity index (χ1) is 13.4. The van der Waals surface area contributed by atoms with E-state index in [4.69, 9.17) is 9.47 Å². The van der Waals surface area contributed by atoms with Crippen molar-refractivity contribution >= 4 is 34.3 Å². The third kappa shape index (κ3) is 4.14. The first-order valence-electron chi connectivity index (χ1n) is 8.74. The number of esters is 1. The Bertz CT molecular complexity index is 906. The minimum absolute atomic E-state index is 0.182. The smallest absolute Gasteiger partial charge is 0.315 e. The number of hydrogen-bond donors (Lipinski definition) is 2. The average molecular weight is 407 g/mol. The van der Waals surface area contributed by atoms with Crippen LogP contribution in [0, 0.1) is 0 Å². The number of nitrogens with one attached hydrogen (secondary N) is 2. The molecule has 0 bridgehead atoms. The van der Waals surface area contributed by atoms with Gasteiger partial charge in [-0.15, -0.1) is 16.4 Å². The van der Waals surface area contributed by atoms with Gasteiger partial charge < -0.3 is 20.1 Å². The first-order valence-corrected chi connectivity index (χ1v) is 9.56. The van der Waals surface area contributed by atoms with Crippen LogP contribution < -0.4 is 15.4 Å². The lowest BCUT2D eigenvalue weighted by Gasteiger charge is -2.08. The molecule has 28 heavy (non-hydrogen) atoms. The van der Waals surface area contributed by atoms with Crippen LogP contribution in [0.15, 0.2) is 6.20 Å². The van der Waals surface area contributed by atoms with Crippen molar-refractivity contribution in [1.29, 1.82) is 0 Å². The van der Waals surface area contributed by atoms with Gasteiger partial charge >= 0.3 is 5.97 Å². The van der Waals surface area contributed by atoms with E-state index in [-0.39, 0.29) is 29.9 Å². The predicted octanol–water partition coefficient (Wildman–Crippen LogP) is 0.847. The minimum Gasteiger partial charge on any atom is -0.479 e. The van der Waals surface area contributed by atoms with Crippen LogP contribution in [-0.4, -0.2) is 52.8 Å². The lowest BCUT2D eigenvalue weighted by atomic mass is 10.1. The number of fused-ring (bicyclic) bond motifs is 1. The fourth-order valence-corrected chi connectivity index (χ4v) is 4.00. The van der Waals surface area contributed by atoms with E-state index in [2.05, 4.69) is 20.7 Å². The number of nitrogens with zero attached hydrogens (tertiary/aromatic N) is 3. The van der Waals surface area contributed by atoms with Gasteiger partial charge in [-0.05, 0) is 19.8 Å². The zero-order valence-electron chi connectivity index (χ0n) is 15.8. The molecule has 0 radical (unpaired) electrons. The van der Waals surface area contributed by atoms with Gasteiger partial charge in [0.05, 0.1) is 26.0 Å². The Morgan fingerprint density at radius 2 is 2.18 bits per heavy atom. The molecule has 1 atom stereocenters. The second kappa shape index (κ2) is 8.38. The number of aryl methyl sites for hydroxylation is 2. The van der Waals surface area contributed by atoms with Crippen LogP contribution in [0.4, 0.5) is 5.13 Å². The van der Waals surface area contributed by atoms with Crippen LogP contribution in [0.5, 0.6) is 5.88 Å². The Balaban J connectivity index is 1.57. The molecule has 0 aliphatic heterocycles. The van der Waals surface area contributed by atoms with Crippen LogP contribution in [0.2, 0.25) is 0 Å². The molecule has 2 aromatic heterocycles. The summed E-state index contributed by atoms with van der Waals surface area (Å²) in [5.74, 6) is -1.38. The quantitative estimate of drug-likeness (QED) is 0.652. The molecule has 0 spiro atoms. The Morgan fingerprint density at radius 1 is 1.39 bits per heavy atom. The highest BCUT2D eigenvalue weighted by atomic mass is 32.1. The Morgan fingerprint density at radius 3 is 2.89 bits per heavy atom. The summed E-state index contributed by atoms with van der Waals surface area (Å²) in [7, 11) is 3.08. The molecule has 1 aliphatic carbocycles. The van der Waals surface area contributed by atoms with E-state index in [1.165, 1.54) is 29.3 Å². The number of hydrogen-bond acceptors (Lipinski definition) is 8. The zero-order chi connectivity index (χ0) is 20.3. The Hall–Kier alpha value is -2.95. The molecule has 0 aromatic carbocycles. The normalized spacial score (nSPS) is 15.0. The lowest BCUT2D eigenvalue weighted by Crippen LogP contribution is -2.32. The number of thiazole rings is 1. The van der Waals surface area contributed by atoms with E-state index in [9.17, 15) is 14.4 Å². The molecule has 150 valence electrons. The van der Waals surface area contributed by atoms with Crippen molar-refractivity contribution < 1.29 is 23.9 Å². The van der Waals surface area contributed by atoms with E-state index in [0.717, 1.165) is 11.3 Å². The number of anilines is 1. The number of rotatable bonds is 7.